The van der Waals surface area contributed by atoms with Gasteiger partial charge >= 0.3 is 0 Å². The number of nitrogens with two attached hydrogens (primary N) is 1. The van der Waals surface area contributed by atoms with Gasteiger partial charge in [-0.2, -0.15) is 0 Å². The highest BCUT2D eigenvalue weighted by molar-refractivity contribution is 9.10. The van der Waals surface area contributed by atoms with Crippen LogP contribution in [-0.2, 0) is 0 Å². The quantitative estimate of drug-likeness (QED) is 0.798. The summed E-state index contributed by atoms with van der Waals surface area (Å²) in [6.45, 7) is 2.10. The van der Waals surface area contributed by atoms with Gasteiger partial charge in [0, 0.05) is 41.2 Å². The van der Waals surface area contributed by atoms with E-state index in [9.17, 15) is 0 Å². The van der Waals surface area contributed by atoms with E-state index in [2.05, 4.69) is 51.3 Å². The van der Waals surface area contributed by atoms with Crippen LogP contribution in [0.5, 0.6) is 0 Å². The Morgan fingerprint density at radius 3 is 2.33 bits per heavy atom. The van der Waals surface area contributed by atoms with Crippen LogP contribution in [0.2, 0.25) is 0 Å². The number of benzene rings is 2. The Kier molecular flexibility index (Phi) is 4.85. The third-order valence-electron chi connectivity index (χ3n) is 3.21. The Morgan fingerprint density at radius 2 is 1.76 bits per heavy atom. The molecule has 0 spiro atoms. The Labute approximate surface area is 139 Å². The smallest absolute Gasteiger partial charge is 0.105 e. The van der Waals surface area contributed by atoms with Crippen molar-refractivity contribution in [1.82, 2.24) is 0 Å². The second kappa shape index (κ2) is 6.45. The molecular formula is C16H18BrN3S. The molecule has 0 bridgehead atoms. The van der Waals surface area contributed by atoms with Gasteiger partial charge in [0.15, 0.2) is 0 Å². The molecule has 0 aromatic heterocycles. The van der Waals surface area contributed by atoms with Gasteiger partial charge < -0.3 is 16.0 Å². The average molecular weight is 364 g/mol. The molecule has 0 aliphatic heterocycles. The molecule has 2 aromatic carbocycles. The number of nitrogens with zero attached hydrogens (tertiary/aromatic N) is 1. The lowest BCUT2D eigenvalue weighted by Gasteiger charge is -2.17. The number of nitrogens with one attached hydrogen (secondary N) is 1. The molecule has 0 atom stereocenters. The number of halogens is 1. The molecular weight excluding hydrogens is 346 g/mol. The zero-order valence-corrected chi connectivity index (χ0v) is 14.7. The number of thiocarbonyl (C=S) groups is 1. The van der Waals surface area contributed by atoms with Crippen molar-refractivity contribution in [3.63, 3.8) is 0 Å². The maximum Gasteiger partial charge on any atom is 0.105 e. The number of hydrogen-bond donors (Lipinski definition) is 2. The number of rotatable bonds is 4. The van der Waals surface area contributed by atoms with E-state index in [1.54, 1.807) is 0 Å². The van der Waals surface area contributed by atoms with Gasteiger partial charge in [0.25, 0.3) is 0 Å². The van der Waals surface area contributed by atoms with Crippen LogP contribution in [0.25, 0.3) is 0 Å². The van der Waals surface area contributed by atoms with Crippen LogP contribution in [0.3, 0.4) is 0 Å². The SMILES string of the molecule is Cc1ccc(Nc2ccc(C(N)=S)c(Br)c2)cc1N(C)C. The fraction of sp³-hybridized carbons (Fsp3) is 0.188. The molecule has 3 N–H and O–H groups in total. The molecule has 0 unspecified atom stereocenters. The van der Waals surface area contributed by atoms with Crippen molar-refractivity contribution in [2.75, 3.05) is 24.3 Å². The van der Waals surface area contributed by atoms with Crippen molar-refractivity contribution < 1.29 is 0 Å². The van der Waals surface area contributed by atoms with E-state index < -0.39 is 0 Å². The van der Waals surface area contributed by atoms with Crippen LogP contribution >= 0.6 is 28.1 Å². The minimum absolute atomic E-state index is 0.388. The molecule has 3 nitrogen and oxygen atoms in total. The number of hydrogen-bond acceptors (Lipinski definition) is 3. The Morgan fingerprint density at radius 1 is 1.14 bits per heavy atom. The van der Waals surface area contributed by atoms with Crippen molar-refractivity contribution in [1.29, 1.82) is 0 Å². The number of anilines is 3. The van der Waals surface area contributed by atoms with Crippen molar-refractivity contribution in [3.8, 4) is 0 Å². The Hall–Kier alpha value is -1.59. The molecule has 0 amide bonds. The van der Waals surface area contributed by atoms with Crippen LogP contribution in [0.1, 0.15) is 11.1 Å². The third-order valence-corrected chi connectivity index (χ3v) is 4.09. The van der Waals surface area contributed by atoms with E-state index in [1.807, 2.05) is 32.3 Å². The van der Waals surface area contributed by atoms with Gasteiger partial charge in [0.2, 0.25) is 0 Å². The van der Waals surface area contributed by atoms with Gasteiger partial charge in [-0.05, 0) is 58.7 Å². The molecule has 21 heavy (non-hydrogen) atoms. The van der Waals surface area contributed by atoms with E-state index in [4.69, 9.17) is 18.0 Å². The maximum absolute atomic E-state index is 5.66. The van der Waals surface area contributed by atoms with Crippen molar-refractivity contribution >= 4 is 50.2 Å². The first-order chi connectivity index (χ1) is 9.88. The van der Waals surface area contributed by atoms with Gasteiger partial charge in [-0.3, -0.25) is 0 Å². The fourth-order valence-corrected chi connectivity index (χ4v) is 3.03. The standard InChI is InChI=1S/C16H18BrN3S/c1-10-4-5-12(9-15(10)20(2)3)19-11-6-7-13(16(18)21)14(17)8-11/h4-9,19H,1-3H3,(H2,18,21). The van der Waals surface area contributed by atoms with E-state index in [-0.39, 0.29) is 0 Å². The summed E-state index contributed by atoms with van der Waals surface area (Å²) < 4.78 is 0.889. The van der Waals surface area contributed by atoms with Crippen LogP contribution < -0.4 is 16.0 Å². The molecule has 5 heteroatoms. The molecule has 0 aliphatic carbocycles. The van der Waals surface area contributed by atoms with E-state index >= 15 is 0 Å². The normalized spacial score (nSPS) is 10.3. The summed E-state index contributed by atoms with van der Waals surface area (Å²) in [7, 11) is 4.08. The lowest BCUT2D eigenvalue weighted by molar-refractivity contribution is 1.11. The molecule has 0 fully saturated rings. The predicted octanol–water partition coefficient (Wildman–Crippen LogP) is 4.20. The lowest BCUT2D eigenvalue weighted by Crippen LogP contribution is -2.11. The van der Waals surface area contributed by atoms with Crippen LogP contribution in [0, 0.1) is 6.92 Å². The maximum atomic E-state index is 5.66. The Balaban J connectivity index is 2.28. The summed E-state index contributed by atoms with van der Waals surface area (Å²) in [6, 6.07) is 12.2. The summed E-state index contributed by atoms with van der Waals surface area (Å²) in [5.41, 5.74) is 11.0. The molecule has 2 rings (SSSR count). The van der Waals surface area contributed by atoms with Gasteiger partial charge in [0.05, 0.1) is 0 Å². The zero-order chi connectivity index (χ0) is 15.6. The summed E-state index contributed by atoms with van der Waals surface area (Å²) in [6.07, 6.45) is 0. The monoisotopic (exact) mass is 363 g/mol. The minimum atomic E-state index is 0.388. The third kappa shape index (κ3) is 3.74. The van der Waals surface area contributed by atoms with Crippen LogP contribution in [0.15, 0.2) is 40.9 Å². The van der Waals surface area contributed by atoms with Gasteiger partial charge in [0.1, 0.15) is 4.99 Å². The summed E-state index contributed by atoms with van der Waals surface area (Å²) in [4.78, 5) is 2.49. The molecule has 0 aliphatic rings. The van der Waals surface area contributed by atoms with Crippen molar-refractivity contribution in [2.24, 2.45) is 5.73 Å². The van der Waals surface area contributed by atoms with E-state index in [1.165, 1.54) is 11.3 Å². The molecule has 2 aromatic rings. The minimum Gasteiger partial charge on any atom is -0.389 e. The van der Waals surface area contributed by atoms with E-state index in [0.29, 0.717) is 4.99 Å². The summed E-state index contributed by atoms with van der Waals surface area (Å²) in [5.74, 6) is 0. The highest BCUT2D eigenvalue weighted by atomic mass is 79.9. The molecule has 0 heterocycles. The summed E-state index contributed by atoms with van der Waals surface area (Å²) >= 11 is 8.50. The largest absolute Gasteiger partial charge is 0.389 e. The van der Waals surface area contributed by atoms with Gasteiger partial charge in [-0.25, -0.2) is 0 Å². The second-order valence-corrected chi connectivity index (χ2v) is 6.37. The van der Waals surface area contributed by atoms with Crippen LogP contribution in [0.4, 0.5) is 17.1 Å². The van der Waals surface area contributed by atoms with Gasteiger partial charge in [-0.15, -0.1) is 0 Å². The number of aryl methyl sites for hydroxylation is 1. The second-order valence-electron chi connectivity index (χ2n) is 5.08. The lowest BCUT2D eigenvalue weighted by atomic mass is 10.1. The van der Waals surface area contributed by atoms with Crippen molar-refractivity contribution in [2.45, 2.75) is 6.92 Å². The predicted molar refractivity (Wildman–Crippen MR) is 98.8 cm³/mol. The first-order valence-electron chi connectivity index (χ1n) is 6.53. The molecule has 0 saturated carbocycles. The Bertz CT molecular complexity index is 683. The van der Waals surface area contributed by atoms with Crippen LogP contribution in [-0.4, -0.2) is 19.1 Å². The zero-order valence-electron chi connectivity index (χ0n) is 12.3. The molecule has 0 saturated heterocycles. The first-order valence-corrected chi connectivity index (χ1v) is 7.73. The highest BCUT2D eigenvalue weighted by Crippen LogP contribution is 2.27. The average Bonchev–Trinajstić information content (AvgIpc) is 2.40. The highest BCUT2D eigenvalue weighted by Gasteiger charge is 2.06. The van der Waals surface area contributed by atoms with Crippen molar-refractivity contribution in [3.05, 3.63) is 52.0 Å². The molecule has 110 valence electrons. The molecule has 0 radical (unpaired) electrons. The first kappa shape index (κ1) is 15.8. The topological polar surface area (TPSA) is 41.3 Å². The van der Waals surface area contributed by atoms with E-state index in [0.717, 1.165) is 21.4 Å². The fourth-order valence-electron chi connectivity index (χ4n) is 2.13. The summed E-state index contributed by atoms with van der Waals surface area (Å²) in [5, 5.41) is 3.39. The van der Waals surface area contributed by atoms with Gasteiger partial charge in [-0.1, -0.05) is 18.3 Å².